The lowest BCUT2D eigenvalue weighted by Crippen LogP contribution is -2.23. The Kier molecular flexibility index (Phi) is 3.62. The van der Waals surface area contributed by atoms with Crippen molar-refractivity contribution in [3.63, 3.8) is 0 Å². The maximum atomic E-state index is 11.5. The van der Waals surface area contributed by atoms with Crippen LogP contribution in [0.15, 0.2) is 30.5 Å². The highest BCUT2D eigenvalue weighted by atomic mass is 32.2. The van der Waals surface area contributed by atoms with Crippen molar-refractivity contribution in [3.05, 3.63) is 47.3 Å². The summed E-state index contributed by atoms with van der Waals surface area (Å²) in [5.41, 5.74) is 2.41. The molecule has 1 amide bonds. The number of nitriles is 1. The Morgan fingerprint density at radius 2 is 2.38 bits per heavy atom. The van der Waals surface area contributed by atoms with E-state index in [-0.39, 0.29) is 11.3 Å². The van der Waals surface area contributed by atoms with Crippen LogP contribution in [0.25, 0.3) is 0 Å². The topological polar surface area (TPSA) is 74.8 Å². The number of hydrogen-bond acceptors (Lipinski definition) is 5. The van der Waals surface area contributed by atoms with Crippen molar-refractivity contribution in [2.24, 2.45) is 0 Å². The predicted molar refractivity (Wildman–Crippen MR) is 78.3 cm³/mol. The van der Waals surface area contributed by atoms with Crippen molar-refractivity contribution in [1.82, 2.24) is 19.9 Å². The molecule has 1 aliphatic rings. The van der Waals surface area contributed by atoms with E-state index in [1.54, 1.807) is 34.5 Å². The van der Waals surface area contributed by atoms with E-state index in [2.05, 4.69) is 16.4 Å². The lowest BCUT2D eigenvalue weighted by molar-refractivity contribution is -0.126. The van der Waals surface area contributed by atoms with Gasteiger partial charge in [-0.25, -0.2) is 4.68 Å². The molecule has 0 N–H and O–H groups in total. The average Bonchev–Trinajstić information content (AvgIpc) is 3.07. The molecule has 2 heterocycles. The number of hydrogen-bond donors (Lipinski definition) is 0. The summed E-state index contributed by atoms with van der Waals surface area (Å²) in [6.07, 6.45) is 1.85. The van der Waals surface area contributed by atoms with Gasteiger partial charge in [0.1, 0.15) is 11.1 Å². The van der Waals surface area contributed by atoms with Gasteiger partial charge in [0.15, 0.2) is 0 Å². The van der Waals surface area contributed by atoms with Crippen LogP contribution in [0.1, 0.15) is 22.2 Å². The number of thioether (sulfide) groups is 1. The summed E-state index contributed by atoms with van der Waals surface area (Å²) in [7, 11) is 1.78. The highest BCUT2D eigenvalue weighted by Gasteiger charge is 2.31. The summed E-state index contributed by atoms with van der Waals surface area (Å²) in [5, 5.41) is 17.1. The smallest absolute Gasteiger partial charge is 0.233 e. The standard InChI is InChI=1S/C14H13N5OS/c1-18-13(20)9-21-14(18)12-8-19(17-16-12)7-11-4-2-3-10(5-11)6-15/h2-5,8,14H,7,9H2,1H3/t14-/m1/s1. The lowest BCUT2D eigenvalue weighted by atomic mass is 10.1. The summed E-state index contributed by atoms with van der Waals surface area (Å²) >= 11 is 1.55. The van der Waals surface area contributed by atoms with Crippen LogP contribution in [0.4, 0.5) is 0 Å². The molecule has 1 aromatic carbocycles. The second-order valence-electron chi connectivity index (χ2n) is 4.82. The molecule has 1 aliphatic heterocycles. The van der Waals surface area contributed by atoms with Crippen LogP contribution >= 0.6 is 11.8 Å². The third-order valence-corrected chi connectivity index (χ3v) is 4.61. The van der Waals surface area contributed by atoms with Gasteiger partial charge in [0.25, 0.3) is 0 Å². The van der Waals surface area contributed by atoms with E-state index in [1.165, 1.54) is 0 Å². The molecule has 6 nitrogen and oxygen atoms in total. The van der Waals surface area contributed by atoms with Gasteiger partial charge in [-0.2, -0.15) is 5.26 Å². The number of amides is 1. The maximum absolute atomic E-state index is 11.5. The van der Waals surface area contributed by atoms with Gasteiger partial charge in [-0.3, -0.25) is 4.79 Å². The molecule has 1 atom stereocenters. The summed E-state index contributed by atoms with van der Waals surface area (Å²) in [6.45, 7) is 0.553. The second-order valence-corrected chi connectivity index (χ2v) is 5.89. The average molecular weight is 299 g/mol. The minimum atomic E-state index is -0.0586. The molecule has 2 aromatic rings. The summed E-state index contributed by atoms with van der Waals surface area (Å²) in [6, 6.07) is 9.52. The molecule has 0 bridgehead atoms. The van der Waals surface area contributed by atoms with Crippen molar-refractivity contribution < 1.29 is 4.79 Å². The molecule has 1 saturated heterocycles. The van der Waals surface area contributed by atoms with E-state index in [4.69, 9.17) is 5.26 Å². The summed E-state index contributed by atoms with van der Waals surface area (Å²) in [5.74, 6) is 0.597. The number of rotatable bonds is 3. The van der Waals surface area contributed by atoms with Gasteiger partial charge in [-0.15, -0.1) is 16.9 Å². The Labute approximate surface area is 126 Å². The van der Waals surface area contributed by atoms with Crippen molar-refractivity contribution in [2.75, 3.05) is 12.8 Å². The van der Waals surface area contributed by atoms with E-state index in [0.29, 0.717) is 17.9 Å². The maximum Gasteiger partial charge on any atom is 0.233 e. The number of carbonyl (C=O) groups is 1. The van der Waals surface area contributed by atoms with Gasteiger partial charge in [-0.05, 0) is 17.7 Å². The zero-order valence-electron chi connectivity index (χ0n) is 11.4. The largest absolute Gasteiger partial charge is 0.327 e. The molecule has 0 saturated carbocycles. The molecule has 1 fully saturated rings. The van der Waals surface area contributed by atoms with Gasteiger partial charge < -0.3 is 4.90 Å². The molecule has 0 radical (unpaired) electrons. The molecule has 106 valence electrons. The first-order valence-electron chi connectivity index (χ1n) is 6.43. The van der Waals surface area contributed by atoms with Crippen molar-refractivity contribution >= 4 is 17.7 Å². The Morgan fingerprint density at radius 3 is 3.10 bits per heavy atom. The van der Waals surface area contributed by atoms with Gasteiger partial charge in [0.05, 0.1) is 30.1 Å². The zero-order chi connectivity index (χ0) is 14.8. The Morgan fingerprint density at radius 1 is 1.52 bits per heavy atom. The first-order chi connectivity index (χ1) is 10.2. The van der Waals surface area contributed by atoms with Crippen LogP contribution in [0.5, 0.6) is 0 Å². The lowest BCUT2D eigenvalue weighted by Gasteiger charge is -2.15. The number of benzene rings is 1. The van der Waals surface area contributed by atoms with Gasteiger partial charge >= 0.3 is 0 Å². The van der Waals surface area contributed by atoms with Crippen LogP contribution in [0.2, 0.25) is 0 Å². The van der Waals surface area contributed by atoms with Crippen LogP contribution in [0, 0.1) is 11.3 Å². The summed E-state index contributed by atoms with van der Waals surface area (Å²) < 4.78 is 1.73. The Balaban J connectivity index is 1.76. The molecule has 21 heavy (non-hydrogen) atoms. The van der Waals surface area contributed by atoms with Crippen LogP contribution in [0.3, 0.4) is 0 Å². The second kappa shape index (κ2) is 5.58. The molecule has 3 rings (SSSR count). The van der Waals surface area contributed by atoms with Crippen molar-refractivity contribution in [1.29, 1.82) is 5.26 Å². The normalized spacial score (nSPS) is 18.0. The van der Waals surface area contributed by atoms with E-state index in [0.717, 1.165) is 11.3 Å². The zero-order valence-corrected chi connectivity index (χ0v) is 12.2. The molecular weight excluding hydrogens is 286 g/mol. The van der Waals surface area contributed by atoms with Gasteiger partial charge in [0.2, 0.25) is 5.91 Å². The fourth-order valence-electron chi connectivity index (χ4n) is 2.21. The predicted octanol–water partition coefficient (Wildman–Crippen LogP) is 1.40. The monoisotopic (exact) mass is 299 g/mol. The highest BCUT2D eigenvalue weighted by Crippen LogP contribution is 2.35. The first kappa shape index (κ1) is 13.6. The molecule has 0 aliphatic carbocycles. The molecule has 0 unspecified atom stereocenters. The SMILES string of the molecule is CN1C(=O)CS[C@@H]1c1cn(Cc2cccc(C#N)c2)nn1. The van der Waals surface area contributed by atoms with Crippen LogP contribution < -0.4 is 0 Å². The van der Waals surface area contributed by atoms with E-state index in [1.807, 2.05) is 24.4 Å². The van der Waals surface area contributed by atoms with Crippen molar-refractivity contribution in [3.8, 4) is 6.07 Å². The molecule has 7 heteroatoms. The Hall–Kier alpha value is -2.33. The third-order valence-electron chi connectivity index (χ3n) is 3.32. The Bertz CT molecular complexity index is 720. The number of carbonyl (C=O) groups excluding carboxylic acids is 1. The fraction of sp³-hybridized carbons (Fsp3) is 0.286. The highest BCUT2D eigenvalue weighted by molar-refractivity contribution is 8.00. The quantitative estimate of drug-likeness (QED) is 0.856. The molecular formula is C14H13N5OS. The molecule has 1 aromatic heterocycles. The fourth-order valence-corrected chi connectivity index (χ4v) is 3.33. The van der Waals surface area contributed by atoms with Crippen LogP contribution in [-0.2, 0) is 11.3 Å². The number of aromatic nitrogens is 3. The summed E-state index contributed by atoms with van der Waals surface area (Å²) in [4.78, 5) is 13.2. The first-order valence-corrected chi connectivity index (χ1v) is 7.48. The third kappa shape index (κ3) is 2.76. The van der Waals surface area contributed by atoms with E-state index in [9.17, 15) is 4.79 Å². The van der Waals surface area contributed by atoms with Gasteiger partial charge in [0, 0.05) is 7.05 Å². The van der Waals surface area contributed by atoms with Gasteiger partial charge in [-0.1, -0.05) is 17.3 Å². The van der Waals surface area contributed by atoms with E-state index >= 15 is 0 Å². The minimum Gasteiger partial charge on any atom is -0.327 e. The molecule has 0 spiro atoms. The van der Waals surface area contributed by atoms with E-state index < -0.39 is 0 Å². The minimum absolute atomic E-state index is 0.0586. The number of nitrogens with zero attached hydrogens (tertiary/aromatic N) is 5. The van der Waals surface area contributed by atoms with Crippen LogP contribution in [-0.4, -0.2) is 38.6 Å². The van der Waals surface area contributed by atoms with Crippen molar-refractivity contribution in [2.45, 2.75) is 11.9 Å².